The average Bonchev–Trinajstić information content (AvgIpc) is 2.97. The summed E-state index contributed by atoms with van der Waals surface area (Å²) in [6.45, 7) is -0.170. The number of ether oxygens (including phenoxy) is 1. The molecule has 1 amide bonds. The number of benzene rings is 2. The second-order valence-electron chi connectivity index (χ2n) is 5.88. The van der Waals surface area contributed by atoms with E-state index in [1.165, 1.54) is 29.9 Å². The summed E-state index contributed by atoms with van der Waals surface area (Å²) in [5.74, 6) is -1.06. The number of halogens is 1. The van der Waals surface area contributed by atoms with Gasteiger partial charge in [0.25, 0.3) is 5.91 Å². The van der Waals surface area contributed by atoms with Crippen molar-refractivity contribution < 1.29 is 22.7 Å². The highest BCUT2D eigenvalue weighted by Crippen LogP contribution is 2.22. The van der Waals surface area contributed by atoms with Crippen LogP contribution in [0.4, 0.5) is 0 Å². The van der Waals surface area contributed by atoms with Crippen molar-refractivity contribution in [3.63, 3.8) is 0 Å². The Balaban J connectivity index is 2.20. The smallest absolute Gasteiger partial charge is 0.325 e. The van der Waals surface area contributed by atoms with Gasteiger partial charge in [-0.15, -0.1) is 0 Å². The molecule has 0 aliphatic rings. The van der Waals surface area contributed by atoms with E-state index < -0.39 is 21.7 Å². The van der Waals surface area contributed by atoms with Gasteiger partial charge in [-0.25, -0.2) is 8.42 Å². The van der Waals surface area contributed by atoms with Crippen LogP contribution < -0.4 is 4.80 Å². The minimum Gasteiger partial charge on any atom is -0.468 e. The van der Waals surface area contributed by atoms with Crippen molar-refractivity contribution in [2.24, 2.45) is 4.99 Å². The molecule has 0 atom stereocenters. The van der Waals surface area contributed by atoms with Crippen molar-refractivity contribution in [3.05, 3.63) is 57.9 Å². The number of nitrogens with zero attached hydrogens (tertiary/aromatic N) is 2. The minimum atomic E-state index is -3.40. The van der Waals surface area contributed by atoms with Crippen molar-refractivity contribution >= 4 is 54.9 Å². The van der Waals surface area contributed by atoms with Gasteiger partial charge < -0.3 is 9.30 Å². The van der Waals surface area contributed by atoms with Gasteiger partial charge >= 0.3 is 5.97 Å². The summed E-state index contributed by atoms with van der Waals surface area (Å²) in [6, 6.07) is 10.9. The Morgan fingerprint density at radius 2 is 1.96 bits per heavy atom. The lowest BCUT2D eigenvalue weighted by atomic mass is 10.2. The molecule has 3 aromatic rings. The van der Waals surface area contributed by atoms with Crippen LogP contribution in [-0.4, -0.2) is 38.2 Å². The number of hydrogen-bond donors (Lipinski definition) is 0. The summed E-state index contributed by atoms with van der Waals surface area (Å²) < 4.78 is 30.4. The largest absolute Gasteiger partial charge is 0.468 e. The molecule has 1 heterocycles. The molecule has 7 nitrogen and oxygen atoms in total. The Morgan fingerprint density at radius 1 is 1.21 bits per heavy atom. The number of thiazole rings is 1. The van der Waals surface area contributed by atoms with Gasteiger partial charge in [-0.2, -0.15) is 4.99 Å². The Labute approximate surface area is 169 Å². The summed E-state index contributed by atoms with van der Waals surface area (Å²) in [5.41, 5.74) is 0.867. The van der Waals surface area contributed by atoms with Gasteiger partial charge in [0.2, 0.25) is 0 Å². The van der Waals surface area contributed by atoms with Crippen LogP contribution in [0.2, 0.25) is 5.02 Å². The monoisotopic (exact) mass is 438 g/mol. The molecule has 0 fully saturated rings. The number of amides is 1. The van der Waals surface area contributed by atoms with E-state index in [-0.39, 0.29) is 16.2 Å². The second-order valence-corrected chi connectivity index (χ2v) is 9.34. The number of fused-ring (bicyclic) bond motifs is 1. The molecule has 2 aromatic carbocycles. The topological polar surface area (TPSA) is 94.8 Å². The summed E-state index contributed by atoms with van der Waals surface area (Å²) >= 11 is 7.02. The Morgan fingerprint density at radius 3 is 2.61 bits per heavy atom. The van der Waals surface area contributed by atoms with Gasteiger partial charge in [-0.1, -0.05) is 29.0 Å². The quantitative estimate of drug-likeness (QED) is 0.583. The number of carbonyl (C=O) groups is 2. The first kappa shape index (κ1) is 20.2. The van der Waals surface area contributed by atoms with Crippen LogP contribution in [0.3, 0.4) is 0 Å². The number of aromatic nitrogens is 1. The van der Waals surface area contributed by atoms with Gasteiger partial charge in [0.05, 0.1) is 22.2 Å². The minimum absolute atomic E-state index is 0.138. The summed E-state index contributed by atoms with van der Waals surface area (Å²) in [7, 11) is -2.15. The summed E-state index contributed by atoms with van der Waals surface area (Å²) in [4.78, 5) is 28.9. The number of hydrogen-bond acceptors (Lipinski definition) is 6. The fourth-order valence-corrected chi connectivity index (χ4v) is 4.47. The molecule has 0 aliphatic carbocycles. The Kier molecular flexibility index (Phi) is 5.69. The molecule has 0 N–H and O–H groups in total. The van der Waals surface area contributed by atoms with E-state index in [0.717, 1.165) is 17.6 Å². The van der Waals surface area contributed by atoms with Gasteiger partial charge in [0.15, 0.2) is 14.6 Å². The van der Waals surface area contributed by atoms with Crippen LogP contribution in [0, 0.1) is 0 Å². The molecule has 0 saturated carbocycles. The Hall–Kier alpha value is -2.49. The molecular formula is C18H15ClN2O5S2. The lowest BCUT2D eigenvalue weighted by Crippen LogP contribution is -2.22. The first-order valence-electron chi connectivity index (χ1n) is 7.94. The number of carbonyl (C=O) groups excluding carboxylic acids is 2. The van der Waals surface area contributed by atoms with E-state index in [1.54, 1.807) is 24.3 Å². The zero-order valence-corrected chi connectivity index (χ0v) is 17.3. The average molecular weight is 439 g/mol. The van der Waals surface area contributed by atoms with Crippen LogP contribution >= 0.6 is 22.9 Å². The molecule has 3 rings (SSSR count). The molecule has 0 aliphatic heterocycles. The summed E-state index contributed by atoms with van der Waals surface area (Å²) in [5, 5.41) is 0.401. The molecule has 28 heavy (non-hydrogen) atoms. The van der Waals surface area contributed by atoms with Crippen LogP contribution in [0.5, 0.6) is 0 Å². The Bertz CT molecular complexity index is 1260. The highest BCUT2D eigenvalue weighted by Gasteiger charge is 2.15. The predicted octanol–water partition coefficient (Wildman–Crippen LogP) is 2.67. The highest BCUT2D eigenvalue weighted by atomic mass is 35.5. The first-order chi connectivity index (χ1) is 13.2. The lowest BCUT2D eigenvalue weighted by molar-refractivity contribution is -0.141. The van der Waals surface area contributed by atoms with Gasteiger partial charge in [-0.3, -0.25) is 9.59 Å². The molecule has 0 unspecified atom stereocenters. The van der Waals surface area contributed by atoms with Crippen molar-refractivity contribution in [2.45, 2.75) is 11.4 Å². The van der Waals surface area contributed by atoms with E-state index in [2.05, 4.69) is 4.99 Å². The molecule has 1 aromatic heterocycles. The number of sulfone groups is 1. The van der Waals surface area contributed by atoms with Crippen molar-refractivity contribution in [1.29, 1.82) is 0 Å². The SMILES string of the molecule is COC(=O)Cn1c(=NC(=O)c2cccc(Cl)c2)sc2cc(S(C)(=O)=O)ccc21. The van der Waals surface area contributed by atoms with E-state index in [9.17, 15) is 18.0 Å². The normalized spacial score (nSPS) is 12.3. The molecule has 0 spiro atoms. The molecular weight excluding hydrogens is 424 g/mol. The van der Waals surface area contributed by atoms with Crippen molar-refractivity contribution in [1.82, 2.24) is 4.57 Å². The van der Waals surface area contributed by atoms with E-state index in [4.69, 9.17) is 16.3 Å². The maximum Gasteiger partial charge on any atom is 0.325 e. The van der Waals surface area contributed by atoms with Crippen LogP contribution in [0.25, 0.3) is 10.2 Å². The van der Waals surface area contributed by atoms with Crippen LogP contribution in [0.1, 0.15) is 10.4 Å². The molecule has 146 valence electrons. The zero-order valence-electron chi connectivity index (χ0n) is 14.9. The molecule has 10 heteroatoms. The number of methoxy groups -OCH3 is 1. The number of rotatable bonds is 4. The van der Waals surface area contributed by atoms with Crippen molar-refractivity contribution in [2.75, 3.05) is 13.4 Å². The molecule has 0 saturated heterocycles. The first-order valence-corrected chi connectivity index (χ1v) is 11.0. The third kappa shape index (κ3) is 4.32. The van der Waals surface area contributed by atoms with Gasteiger partial charge in [0.1, 0.15) is 6.54 Å². The van der Waals surface area contributed by atoms with Crippen molar-refractivity contribution in [3.8, 4) is 0 Å². The zero-order chi connectivity index (χ0) is 20.5. The van der Waals surface area contributed by atoms with Crippen LogP contribution in [0.15, 0.2) is 52.4 Å². The second kappa shape index (κ2) is 7.86. The fourth-order valence-electron chi connectivity index (χ4n) is 2.49. The van der Waals surface area contributed by atoms with E-state index >= 15 is 0 Å². The number of esters is 1. The maximum absolute atomic E-state index is 12.5. The van der Waals surface area contributed by atoms with E-state index in [0.29, 0.717) is 20.8 Å². The maximum atomic E-state index is 12.5. The van der Waals surface area contributed by atoms with Gasteiger partial charge in [-0.05, 0) is 36.4 Å². The third-order valence-corrected chi connectivity index (χ3v) is 6.25. The highest BCUT2D eigenvalue weighted by molar-refractivity contribution is 7.90. The molecule has 0 radical (unpaired) electrons. The standard InChI is InChI=1S/C18H15ClN2O5S2/c1-26-16(22)10-21-14-7-6-13(28(2,24)25)9-15(14)27-18(21)20-17(23)11-4-3-5-12(19)8-11/h3-9H,10H2,1-2H3. The molecule has 0 bridgehead atoms. The predicted molar refractivity (Wildman–Crippen MR) is 106 cm³/mol. The lowest BCUT2D eigenvalue weighted by Gasteiger charge is -2.04. The summed E-state index contributed by atoms with van der Waals surface area (Å²) in [6.07, 6.45) is 1.11. The van der Waals surface area contributed by atoms with E-state index in [1.807, 2.05) is 0 Å². The van der Waals surface area contributed by atoms with Gasteiger partial charge in [0, 0.05) is 16.8 Å². The van der Waals surface area contributed by atoms with Crippen LogP contribution in [-0.2, 0) is 25.9 Å². The third-order valence-electron chi connectivity index (χ3n) is 3.87. The fraction of sp³-hybridized carbons (Fsp3) is 0.167.